The molecule has 5 heteroatoms. The number of para-hydroxylation sites is 2. The number of benzene rings is 2. The van der Waals surface area contributed by atoms with Crippen molar-refractivity contribution >= 4 is 22.5 Å². The van der Waals surface area contributed by atoms with Crippen LogP contribution in [-0.4, -0.2) is 22.2 Å². The first-order chi connectivity index (χ1) is 12.2. The van der Waals surface area contributed by atoms with Gasteiger partial charge in [0.1, 0.15) is 6.54 Å². The van der Waals surface area contributed by atoms with E-state index in [0.717, 1.165) is 18.5 Å². The average molecular weight is 335 g/mol. The first-order valence-corrected chi connectivity index (χ1v) is 8.51. The predicted octanol–water partition coefficient (Wildman–Crippen LogP) is 3.23. The minimum Gasteiger partial charge on any atom is -0.311 e. The number of amides is 1. The largest absolute Gasteiger partial charge is 0.311 e. The van der Waals surface area contributed by atoms with Crippen molar-refractivity contribution in [2.75, 3.05) is 11.4 Å². The molecule has 0 fully saturated rings. The Labute approximate surface area is 146 Å². The molecule has 0 saturated carbocycles. The molecule has 0 aliphatic heterocycles. The van der Waals surface area contributed by atoms with E-state index in [-0.39, 0.29) is 17.9 Å². The summed E-state index contributed by atoms with van der Waals surface area (Å²) in [6.45, 7) is 2.86. The summed E-state index contributed by atoms with van der Waals surface area (Å²) in [6.07, 6.45) is 3.21. The molecule has 3 rings (SSSR count). The number of anilines is 1. The third-order valence-electron chi connectivity index (χ3n) is 4.15. The monoisotopic (exact) mass is 335 g/mol. The van der Waals surface area contributed by atoms with E-state index in [0.29, 0.717) is 17.4 Å². The quantitative estimate of drug-likeness (QED) is 0.695. The molecule has 1 aromatic heterocycles. The van der Waals surface area contributed by atoms with E-state index in [9.17, 15) is 9.59 Å². The summed E-state index contributed by atoms with van der Waals surface area (Å²) in [6, 6.07) is 16.9. The molecule has 5 nitrogen and oxygen atoms in total. The number of carbonyl (C=O) groups excluding carboxylic acids is 1. The molecule has 128 valence electrons. The molecular formula is C20H21N3O2. The molecule has 0 bridgehead atoms. The van der Waals surface area contributed by atoms with Gasteiger partial charge in [0.2, 0.25) is 11.3 Å². The fraction of sp³-hybridized carbons (Fsp3) is 0.250. The van der Waals surface area contributed by atoms with Crippen LogP contribution in [0.15, 0.2) is 65.6 Å². The normalized spacial score (nSPS) is 10.8. The number of unbranched alkanes of at least 4 members (excludes halogenated alkanes) is 1. The van der Waals surface area contributed by atoms with Crippen LogP contribution < -0.4 is 10.3 Å². The Morgan fingerprint density at radius 3 is 2.56 bits per heavy atom. The van der Waals surface area contributed by atoms with E-state index >= 15 is 0 Å². The first kappa shape index (κ1) is 16.9. The van der Waals surface area contributed by atoms with Crippen molar-refractivity contribution in [1.82, 2.24) is 9.78 Å². The number of nitrogens with zero attached hydrogens (tertiary/aromatic N) is 3. The summed E-state index contributed by atoms with van der Waals surface area (Å²) in [7, 11) is 0. The van der Waals surface area contributed by atoms with Gasteiger partial charge in [0, 0.05) is 17.6 Å². The molecule has 2 aromatic carbocycles. The maximum Gasteiger partial charge on any atom is 0.248 e. The molecule has 1 amide bonds. The van der Waals surface area contributed by atoms with Gasteiger partial charge in [0.25, 0.3) is 0 Å². The SMILES string of the molecule is CCCCN(C(=O)Cn1ncc(=O)c2ccccc21)c1ccccc1. The first-order valence-electron chi connectivity index (χ1n) is 8.51. The summed E-state index contributed by atoms with van der Waals surface area (Å²) >= 11 is 0. The zero-order chi connectivity index (χ0) is 17.6. The van der Waals surface area contributed by atoms with E-state index < -0.39 is 0 Å². The van der Waals surface area contributed by atoms with Crippen LogP contribution in [0.25, 0.3) is 10.9 Å². The second-order valence-corrected chi connectivity index (χ2v) is 5.92. The summed E-state index contributed by atoms with van der Waals surface area (Å²) in [5.74, 6) is -0.0408. The lowest BCUT2D eigenvalue weighted by Gasteiger charge is -2.23. The molecule has 1 heterocycles. The lowest BCUT2D eigenvalue weighted by atomic mass is 10.2. The van der Waals surface area contributed by atoms with Crippen LogP contribution in [0.5, 0.6) is 0 Å². The number of hydrogen-bond donors (Lipinski definition) is 0. The maximum atomic E-state index is 12.9. The lowest BCUT2D eigenvalue weighted by molar-refractivity contribution is -0.119. The van der Waals surface area contributed by atoms with E-state index in [1.807, 2.05) is 48.5 Å². The second kappa shape index (κ2) is 7.75. The van der Waals surface area contributed by atoms with Gasteiger partial charge in [-0.2, -0.15) is 5.10 Å². The molecule has 0 aliphatic rings. The summed E-state index contributed by atoms with van der Waals surface area (Å²) in [4.78, 5) is 26.7. The minimum absolute atomic E-state index is 0.0408. The number of hydrogen-bond acceptors (Lipinski definition) is 3. The average Bonchev–Trinajstić information content (AvgIpc) is 2.65. The molecule has 0 saturated heterocycles. The van der Waals surface area contributed by atoms with Crippen molar-refractivity contribution in [3.63, 3.8) is 0 Å². The van der Waals surface area contributed by atoms with Gasteiger partial charge in [0.05, 0.1) is 11.7 Å². The minimum atomic E-state index is -0.134. The van der Waals surface area contributed by atoms with Crippen molar-refractivity contribution in [3.05, 3.63) is 71.0 Å². The highest BCUT2D eigenvalue weighted by Gasteiger charge is 2.17. The van der Waals surface area contributed by atoms with Gasteiger partial charge >= 0.3 is 0 Å². The fourth-order valence-electron chi connectivity index (χ4n) is 2.82. The van der Waals surface area contributed by atoms with Crippen LogP contribution in [0.4, 0.5) is 5.69 Å². The molecular weight excluding hydrogens is 314 g/mol. The van der Waals surface area contributed by atoms with Crippen LogP contribution >= 0.6 is 0 Å². The van der Waals surface area contributed by atoms with Gasteiger partial charge in [-0.1, -0.05) is 43.7 Å². The maximum absolute atomic E-state index is 12.9. The van der Waals surface area contributed by atoms with Crippen LogP contribution in [0.1, 0.15) is 19.8 Å². The van der Waals surface area contributed by atoms with Crippen molar-refractivity contribution in [2.24, 2.45) is 0 Å². The Morgan fingerprint density at radius 2 is 1.80 bits per heavy atom. The van der Waals surface area contributed by atoms with Gasteiger partial charge in [-0.25, -0.2) is 0 Å². The van der Waals surface area contributed by atoms with Gasteiger partial charge in [-0.05, 0) is 30.7 Å². The Bertz CT molecular complexity index is 919. The second-order valence-electron chi connectivity index (χ2n) is 5.92. The Hall–Kier alpha value is -2.95. The number of carbonyl (C=O) groups is 1. The van der Waals surface area contributed by atoms with E-state index in [1.54, 1.807) is 15.6 Å². The van der Waals surface area contributed by atoms with Gasteiger partial charge in [-0.15, -0.1) is 0 Å². The molecule has 0 spiro atoms. The highest BCUT2D eigenvalue weighted by Crippen LogP contribution is 2.16. The molecule has 0 radical (unpaired) electrons. The Kier molecular flexibility index (Phi) is 5.23. The van der Waals surface area contributed by atoms with Gasteiger partial charge in [0.15, 0.2) is 0 Å². The van der Waals surface area contributed by atoms with Crippen LogP contribution in [-0.2, 0) is 11.3 Å². The topological polar surface area (TPSA) is 55.2 Å². The summed E-state index contributed by atoms with van der Waals surface area (Å²) < 4.78 is 1.60. The van der Waals surface area contributed by atoms with E-state index in [1.165, 1.54) is 6.20 Å². The number of rotatable bonds is 6. The summed E-state index contributed by atoms with van der Waals surface area (Å²) in [5, 5.41) is 4.73. The Balaban J connectivity index is 1.92. The van der Waals surface area contributed by atoms with Gasteiger partial charge in [-0.3, -0.25) is 14.3 Å². The predicted molar refractivity (Wildman–Crippen MR) is 99.7 cm³/mol. The zero-order valence-electron chi connectivity index (χ0n) is 14.3. The smallest absolute Gasteiger partial charge is 0.248 e. The molecule has 0 aliphatic carbocycles. The summed E-state index contributed by atoms with van der Waals surface area (Å²) in [5.41, 5.74) is 1.42. The van der Waals surface area contributed by atoms with Crippen molar-refractivity contribution in [1.29, 1.82) is 0 Å². The molecule has 0 unspecified atom stereocenters. The standard InChI is InChI=1S/C20H21N3O2/c1-2-3-13-22(16-9-5-4-6-10-16)20(25)15-23-18-12-8-7-11-17(18)19(24)14-21-23/h4-12,14H,2-3,13,15H2,1H3. The van der Waals surface area contributed by atoms with Crippen molar-refractivity contribution in [3.8, 4) is 0 Å². The van der Waals surface area contributed by atoms with Crippen LogP contribution in [0.3, 0.4) is 0 Å². The fourth-order valence-corrected chi connectivity index (χ4v) is 2.82. The molecule has 0 N–H and O–H groups in total. The lowest BCUT2D eigenvalue weighted by Crippen LogP contribution is -2.35. The van der Waals surface area contributed by atoms with Crippen LogP contribution in [0, 0.1) is 0 Å². The highest BCUT2D eigenvalue weighted by molar-refractivity contribution is 5.94. The third-order valence-corrected chi connectivity index (χ3v) is 4.15. The van der Waals surface area contributed by atoms with Crippen molar-refractivity contribution < 1.29 is 4.79 Å². The molecule has 25 heavy (non-hydrogen) atoms. The molecule has 0 atom stereocenters. The number of aromatic nitrogens is 2. The highest BCUT2D eigenvalue weighted by atomic mass is 16.2. The molecule has 3 aromatic rings. The number of fused-ring (bicyclic) bond motifs is 1. The zero-order valence-corrected chi connectivity index (χ0v) is 14.3. The van der Waals surface area contributed by atoms with Gasteiger partial charge < -0.3 is 4.90 Å². The Morgan fingerprint density at radius 1 is 1.08 bits per heavy atom. The van der Waals surface area contributed by atoms with Crippen molar-refractivity contribution in [2.45, 2.75) is 26.3 Å². The van der Waals surface area contributed by atoms with E-state index in [4.69, 9.17) is 0 Å². The third kappa shape index (κ3) is 3.76. The van der Waals surface area contributed by atoms with E-state index in [2.05, 4.69) is 12.0 Å². The van der Waals surface area contributed by atoms with Crippen LogP contribution in [0.2, 0.25) is 0 Å².